The second-order valence-corrected chi connectivity index (χ2v) is 4.71. The molecule has 0 unspecified atom stereocenters. The topological polar surface area (TPSA) is 83.3 Å². The van der Waals surface area contributed by atoms with Gasteiger partial charge in [-0.1, -0.05) is 0 Å². The molecule has 0 aromatic carbocycles. The minimum absolute atomic E-state index is 0.464. The summed E-state index contributed by atoms with van der Waals surface area (Å²) in [6, 6.07) is 4.15. The number of rotatable bonds is 5. The van der Waals surface area contributed by atoms with E-state index in [1.54, 1.807) is 0 Å². The van der Waals surface area contributed by atoms with E-state index in [2.05, 4.69) is 20.5 Å². The molecule has 6 nitrogen and oxygen atoms in total. The van der Waals surface area contributed by atoms with Crippen LogP contribution in [0, 0.1) is 0 Å². The highest BCUT2D eigenvalue weighted by Gasteiger charge is 2.18. The van der Waals surface area contributed by atoms with Gasteiger partial charge in [-0.15, -0.1) is 0 Å². The van der Waals surface area contributed by atoms with Crippen LogP contribution in [0.5, 0.6) is 0 Å². The summed E-state index contributed by atoms with van der Waals surface area (Å²) < 4.78 is 0. The van der Waals surface area contributed by atoms with Gasteiger partial charge < -0.3 is 21.3 Å². The molecular weight excluding hydrogens is 242 g/mol. The van der Waals surface area contributed by atoms with Crippen molar-refractivity contribution in [1.29, 1.82) is 0 Å². The van der Waals surface area contributed by atoms with E-state index in [9.17, 15) is 4.79 Å². The van der Waals surface area contributed by atoms with Crippen LogP contribution in [0.1, 0.15) is 12.8 Å². The van der Waals surface area contributed by atoms with E-state index in [0.29, 0.717) is 12.6 Å². The van der Waals surface area contributed by atoms with Crippen LogP contribution < -0.4 is 21.3 Å². The van der Waals surface area contributed by atoms with E-state index in [1.165, 1.54) is 5.69 Å². The third-order valence-corrected chi connectivity index (χ3v) is 3.38. The fourth-order valence-corrected chi connectivity index (χ4v) is 2.36. The van der Waals surface area contributed by atoms with Gasteiger partial charge >= 0.3 is 6.03 Å². The fraction of sp³-hybridized carbons (Fsp3) is 0.538. The number of nitrogens with one attached hydrogen (secondary N) is 2. The Kier molecular flexibility index (Phi) is 4.97. The van der Waals surface area contributed by atoms with Gasteiger partial charge in [0, 0.05) is 50.3 Å². The summed E-state index contributed by atoms with van der Waals surface area (Å²) in [5.74, 6) is 0. The average Bonchev–Trinajstić information content (AvgIpc) is 2.45. The first-order valence-electron chi connectivity index (χ1n) is 6.67. The minimum Gasteiger partial charge on any atom is -0.371 e. The van der Waals surface area contributed by atoms with Gasteiger partial charge in [0.1, 0.15) is 0 Å². The Morgan fingerprint density at radius 2 is 2.00 bits per heavy atom. The molecule has 1 aromatic heterocycles. The Bertz CT molecular complexity index is 389. The summed E-state index contributed by atoms with van der Waals surface area (Å²) in [6.07, 6.45) is 5.88. The molecule has 1 saturated heterocycles. The highest BCUT2D eigenvalue weighted by atomic mass is 16.2. The molecule has 19 heavy (non-hydrogen) atoms. The first-order valence-corrected chi connectivity index (χ1v) is 6.67. The zero-order chi connectivity index (χ0) is 13.5. The maximum Gasteiger partial charge on any atom is 0.312 e. The highest BCUT2D eigenvalue weighted by molar-refractivity contribution is 5.71. The predicted molar refractivity (Wildman–Crippen MR) is 75.1 cm³/mol. The van der Waals surface area contributed by atoms with Gasteiger partial charge in [0.2, 0.25) is 0 Å². The number of amides is 2. The molecule has 0 atom stereocenters. The van der Waals surface area contributed by atoms with Crippen LogP contribution in [-0.4, -0.2) is 43.2 Å². The second kappa shape index (κ2) is 6.94. The Labute approximate surface area is 113 Å². The van der Waals surface area contributed by atoms with Crippen molar-refractivity contribution in [1.82, 2.24) is 15.6 Å². The molecule has 2 rings (SSSR count). The second-order valence-electron chi connectivity index (χ2n) is 4.71. The summed E-state index contributed by atoms with van der Waals surface area (Å²) in [5.41, 5.74) is 6.24. The van der Waals surface area contributed by atoms with Crippen molar-refractivity contribution in [3.63, 3.8) is 0 Å². The number of nitrogens with two attached hydrogens (primary N) is 1. The predicted octanol–water partition coefficient (Wildman–Crippen LogP) is 0.308. The summed E-state index contributed by atoms with van der Waals surface area (Å²) in [4.78, 5) is 16.9. The van der Waals surface area contributed by atoms with Crippen molar-refractivity contribution in [2.24, 2.45) is 5.73 Å². The lowest BCUT2D eigenvalue weighted by molar-refractivity contribution is 0.248. The van der Waals surface area contributed by atoms with E-state index in [0.717, 1.165) is 32.5 Å². The summed E-state index contributed by atoms with van der Waals surface area (Å²) in [5, 5.41) is 6.02. The van der Waals surface area contributed by atoms with Crippen LogP contribution in [0.15, 0.2) is 24.5 Å². The maximum absolute atomic E-state index is 10.5. The largest absolute Gasteiger partial charge is 0.371 e. The van der Waals surface area contributed by atoms with Crippen LogP contribution in [0.4, 0.5) is 10.5 Å². The van der Waals surface area contributed by atoms with Crippen LogP contribution in [0.3, 0.4) is 0 Å². The number of hydrogen-bond acceptors (Lipinski definition) is 4. The molecule has 1 aliphatic rings. The van der Waals surface area contributed by atoms with Crippen LogP contribution in [0.2, 0.25) is 0 Å². The monoisotopic (exact) mass is 263 g/mol. The molecule has 4 N–H and O–H groups in total. The molecule has 0 aliphatic carbocycles. The van der Waals surface area contributed by atoms with Gasteiger partial charge in [0.05, 0.1) is 0 Å². The lowest BCUT2D eigenvalue weighted by atomic mass is 10.0. The number of urea groups is 1. The number of aromatic nitrogens is 1. The Hall–Kier alpha value is -1.82. The third kappa shape index (κ3) is 4.40. The molecule has 0 bridgehead atoms. The zero-order valence-electron chi connectivity index (χ0n) is 11.0. The highest BCUT2D eigenvalue weighted by Crippen LogP contribution is 2.18. The molecule has 0 saturated carbocycles. The van der Waals surface area contributed by atoms with Crippen molar-refractivity contribution in [2.45, 2.75) is 18.9 Å². The van der Waals surface area contributed by atoms with Crippen LogP contribution >= 0.6 is 0 Å². The van der Waals surface area contributed by atoms with Crippen molar-refractivity contribution in [3.05, 3.63) is 24.5 Å². The average molecular weight is 263 g/mol. The quantitative estimate of drug-likeness (QED) is 0.668. The number of nitrogens with zero attached hydrogens (tertiary/aromatic N) is 2. The molecule has 1 aliphatic heterocycles. The fourth-order valence-electron chi connectivity index (χ4n) is 2.36. The van der Waals surface area contributed by atoms with Gasteiger partial charge in [-0.2, -0.15) is 0 Å². The first kappa shape index (κ1) is 13.6. The van der Waals surface area contributed by atoms with Crippen LogP contribution in [-0.2, 0) is 0 Å². The minimum atomic E-state index is -0.464. The van der Waals surface area contributed by atoms with E-state index in [1.807, 2.05) is 24.5 Å². The molecule has 1 aromatic rings. The molecule has 6 heteroatoms. The Morgan fingerprint density at radius 3 is 2.63 bits per heavy atom. The summed E-state index contributed by atoms with van der Waals surface area (Å²) in [7, 11) is 0. The van der Waals surface area contributed by atoms with Crippen molar-refractivity contribution in [2.75, 3.05) is 31.1 Å². The van der Waals surface area contributed by atoms with E-state index < -0.39 is 6.03 Å². The number of carbonyl (C=O) groups is 1. The molecule has 1 fully saturated rings. The van der Waals surface area contributed by atoms with Crippen molar-refractivity contribution in [3.8, 4) is 0 Å². The van der Waals surface area contributed by atoms with E-state index >= 15 is 0 Å². The normalized spacial score (nSPS) is 16.3. The van der Waals surface area contributed by atoms with Crippen molar-refractivity contribution >= 4 is 11.7 Å². The van der Waals surface area contributed by atoms with Gasteiger partial charge in [0.15, 0.2) is 0 Å². The zero-order valence-corrected chi connectivity index (χ0v) is 11.0. The van der Waals surface area contributed by atoms with Gasteiger partial charge in [-0.25, -0.2) is 4.79 Å². The standard InChI is InChI=1S/C13H21N5O/c14-13(19)17-8-7-16-11-3-9-18(10-4-11)12-1-5-15-6-2-12/h1-2,5-6,11,16H,3-4,7-10H2,(H3,14,17,19). The summed E-state index contributed by atoms with van der Waals surface area (Å²) >= 11 is 0. The molecule has 0 spiro atoms. The third-order valence-electron chi connectivity index (χ3n) is 3.38. The summed E-state index contributed by atoms with van der Waals surface area (Å²) in [6.45, 7) is 3.44. The molecule has 104 valence electrons. The van der Waals surface area contributed by atoms with Gasteiger partial charge in [0.25, 0.3) is 0 Å². The smallest absolute Gasteiger partial charge is 0.312 e. The SMILES string of the molecule is NC(=O)NCCNC1CCN(c2ccncc2)CC1. The lowest BCUT2D eigenvalue weighted by Gasteiger charge is -2.34. The number of anilines is 1. The van der Waals surface area contributed by atoms with E-state index in [-0.39, 0.29) is 0 Å². The molecular formula is C13H21N5O. The van der Waals surface area contributed by atoms with Crippen LogP contribution in [0.25, 0.3) is 0 Å². The lowest BCUT2D eigenvalue weighted by Crippen LogP contribution is -2.45. The van der Waals surface area contributed by atoms with Gasteiger partial charge in [-0.3, -0.25) is 4.98 Å². The number of primary amides is 1. The maximum atomic E-state index is 10.5. The van der Waals surface area contributed by atoms with E-state index in [4.69, 9.17) is 5.73 Å². The molecule has 2 heterocycles. The molecule has 2 amide bonds. The Morgan fingerprint density at radius 1 is 1.32 bits per heavy atom. The van der Waals surface area contributed by atoms with Gasteiger partial charge in [-0.05, 0) is 25.0 Å². The number of piperidine rings is 1. The first-order chi connectivity index (χ1) is 9.25. The number of carbonyl (C=O) groups excluding carboxylic acids is 1. The number of pyridine rings is 1. The Balaban J connectivity index is 1.67. The molecule has 0 radical (unpaired) electrons. The van der Waals surface area contributed by atoms with Crippen molar-refractivity contribution < 1.29 is 4.79 Å². The number of hydrogen-bond donors (Lipinski definition) is 3.